The Morgan fingerprint density at radius 3 is 2.19 bits per heavy atom. The number of pyridine rings is 1. The molecule has 1 N–H and O–H groups in total. The molecule has 0 spiro atoms. The summed E-state index contributed by atoms with van der Waals surface area (Å²) in [6, 6.07) is 2.01. The molecule has 0 fully saturated rings. The Labute approximate surface area is 114 Å². The topological polar surface area (TPSA) is 24.9 Å². The van der Waals surface area contributed by atoms with E-state index < -0.39 is 0 Å². The van der Waals surface area contributed by atoms with E-state index in [9.17, 15) is 0 Å². The van der Waals surface area contributed by atoms with Crippen LogP contribution in [-0.4, -0.2) is 10.5 Å². The highest BCUT2D eigenvalue weighted by Gasteiger charge is 2.24. The Morgan fingerprint density at radius 2 is 1.75 bits per heavy atom. The third-order valence-corrected chi connectivity index (χ3v) is 4.26. The van der Waals surface area contributed by atoms with Crippen molar-refractivity contribution in [1.29, 1.82) is 0 Å². The lowest BCUT2D eigenvalue weighted by Gasteiger charge is -2.32. The molecule has 0 saturated carbocycles. The van der Waals surface area contributed by atoms with Crippen LogP contribution in [0.2, 0.25) is 0 Å². The Hall–Kier alpha value is -0.0900. The van der Waals surface area contributed by atoms with E-state index in [1.165, 1.54) is 0 Å². The van der Waals surface area contributed by atoms with Crippen molar-refractivity contribution in [3.8, 4) is 0 Å². The van der Waals surface area contributed by atoms with Crippen LogP contribution in [0.15, 0.2) is 21.2 Å². The monoisotopic (exact) mass is 348 g/mol. The molecule has 1 heterocycles. The van der Waals surface area contributed by atoms with E-state index in [1.807, 2.05) is 12.3 Å². The molecule has 0 radical (unpaired) electrons. The zero-order valence-corrected chi connectivity index (χ0v) is 13.2. The van der Waals surface area contributed by atoms with Gasteiger partial charge in [-0.05, 0) is 57.2 Å². The Balaban J connectivity index is 2.93. The summed E-state index contributed by atoms with van der Waals surface area (Å²) < 4.78 is 1.99. The summed E-state index contributed by atoms with van der Waals surface area (Å²) in [6.07, 6.45) is 5.12. The van der Waals surface area contributed by atoms with Crippen molar-refractivity contribution in [1.82, 2.24) is 4.98 Å². The second-order valence-corrected chi connectivity index (χ2v) is 5.72. The Kier molecular flexibility index (Phi) is 5.25. The maximum atomic E-state index is 4.40. The van der Waals surface area contributed by atoms with E-state index in [2.05, 4.69) is 62.9 Å². The molecular weight excluding hydrogens is 332 g/mol. The standard InChI is InChI=1S/C12H18Br2N2/c1-4-12(5-2,6-3)16-11-10(14)7-9(13)8-15-11/h7-8H,4-6H2,1-3H3,(H,15,16). The lowest BCUT2D eigenvalue weighted by atomic mass is 9.90. The molecule has 0 unspecified atom stereocenters. The first-order chi connectivity index (χ1) is 7.56. The van der Waals surface area contributed by atoms with Crippen molar-refractivity contribution in [2.45, 2.75) is 45.6 Å². The number of hydrogen-bond donors (Lipinski definition) is 1. The number of aromatic nitrogens is 1. The largest absolute Gasteiger partial charge is 0.364 e. The van der Waals surface area contributed by atoms with Crippen LogP contribution < -0.4 is 5.32 Å². The van der Waals surface area contributed by atoms with E-state index in [0.717, 1.165) is 34.0 Å². The van der Waals surface area contributed by atoms with Gasteiger partial charge in [0, 0.05) is 16.2 Å². The molecule has 90 valence electrons. The number of anilines is 1. The molecule has 0 aromatic carbocycles. The molecule has 0 aliphatic rings. The van der Waals surface area contributed by atoms with Crippen molar-refractivity contribution >= 4 is 37.7 Å². The quantitative estimate of drug-likeness (QED) is 0.810. The predicted octanol–water partition coefficient (Wildman–Crippen LogP) is 4.99. The normalized spacial score (nSPS) is 11.6. The SMILES string of the molecule is CCC(CC)(CC)Nc1ncc(Br)cc1Br. The van der Waals surface area contributed by atoms with Gasteiger partial charge in [0.15, 0.2) is 0 Å². The minimum atomic E-state index is 0.156. The van der Waals surface area contributed by atoms with Crippen LogP contribution in [0.3, 0.4) is 0 Å². The van der Waals surface area contributed by atoms with Gasteiger partial charge in [-0.2, -0.15) is 0 Å². The first-order valence-corrected chi connectivity index (χ1v) is 7.24. The summed E-state index contributed by atoms with van der Waals surface area (Å²) in [7, 11) is 0. The maximum Gasteiger partial charge on any atom is 0.140 e. The van der Waals surface area contributed by atoms with Gasteiger partial charge in [0.05, 0.1) is 4.47 Å². The molecule has 0 aliphatic heterocycles. The zero-order valence-electron chi connectivity index (χ0n) is 9.98. The van der Waals surface area contributed by atoms with Crippen LogP contribution in [-0.2, 0) is 0 Å². The highest BCUT2D eigenvalue weighted by Crippen LogP contribution is 2.30. The molecule has 1 aromatic rings. The van der Waals surface area contributed by atoms with Gasteiger partial charge >= 0.3 is 0 Å². The number of hydrogen-bond acceptors (Lipinski definition) is 2. The highest BCUT2D eigenvalue weighted by molar-refractivity contribution is 9.11. The molecule has 0 saturated heterocycles. The molecule has 1 rings (SSSR count). The fourth-order valence-electron chi connectivity index (χ4n) is 1.77. The molecule has 0 aliphatic carbocycles. The fraction of sp³-hybridized carbons (Fsp3) is 0.583. The predicted molar refractivity (Wildman–Crippen MR) is 76.9 cm³/mol. The average Bonchev–Trinajstić information content (AvgIpc) is 2.29. The van der Waals surface area contributed by atoms with Gasteiger partial charge in [-0.25, -0.2) is 4.98 Å². The van der Waals surface area contributed by atoms with Gasteiger partial charge in [-0.15, -0.1) is 0 Å². The summed E-state index contributed by atoms with van der Waals surface area (Å²) >= 11 is 6.94. The van der Waals surface area contributed by atoms with Crippen LogP contribution in [0.25, 0.3) is 0 Å². The third-order valence-electron chi connectivity index (χ3n) is 3.22. The van der Waals surface area contributed by atoms with Gasteiger partial charge in [0.2, 0.25) is 0 Å². The van der Waals surface area contributed by atoms with Crippen LogP contribution >= 0.6 is 31.9 Å². The van der Waals surface area contributed by atoms with E-state index in [-0.39, 0.29) is 5.54 Å². The number of nitrogens with one attached hydrogen (secondary N) is 1. The van der Waals surface area contributed by atoms with E-state index >= 15 is 0 Å². The van der Waals surface area contributed by atoms with Crippen molar-refractivity contribution in [2.75, 3.05) is 5.32 Å². The Morgan fingerprint density at radius 1 is 1.19 bits per heavy atom. The summed E-state index contributed by atoms with van der Waals surface area (Å²) in [6.45, 7) is 6.65. The Bertz CT molecular complexity index is 341. The number of nitrogens with zero attached hydrogens (tertiary/aromatic N) is 1. The molecule has 0 atom stereocenters. The maximum absolute atomic E-state index is 4.40. The second kappa shape index (κ2) is 6.01. The zero-order chi connectivity index (χ0) is 12.2. The molecule has 0 bridgehead atoms. The summed E-state index contributed by atoms with van der Waals surface area (Å²) in [5.74, 6) is 0.925. The lowest BCUT2D eigenvalue weighted by molar-refractivity contribution is 0.418. The smallest absolute Gasteiger partial charge is 0.140 e. The van der Waals surface area contributed by atoms with E-state index in [4.69, 9.17) is 0 Å². The van der Waals surface area contributed by atoms with E-state index in [1.54, 1.807) is 0 Å². The highest BCUT2D eigenvalue weighted by atomic mass is 79.9. The number of halogens is 2. The van der Waals surface area contributed by atoms with Gasteiger partial charge in [0.25, 0.3) is 0 Å². The van der Waals surface area contributed by atoms with Crippen molar-refractivity contribution in [3.05, 3.63) is 21.2 Å². The molecular formula is C12H18Br2N2. The first-order valence-electron chi connectivity index (χ1n) is 5.66. The first kappa shape index (κ1) is 14.0. The van der Waals surface area contributed by atoms with E-state index in [0.29, 0.717) is 0 Å². The molecule has 16 heavy (non-hydrogen) atoms. The summed E-state index contributed by atoms with van der Waals surface area (Å²) in [5.41, 5.74) is 0.156. The minimum absolute atomic E-state index is 0.156. The van der Waals surface area contributed by atoms with Gasteiger partial charge in [-0.1, -0.05) is 20.8 Å². The lowest BCUT2D eigenvalue weighted by Crippen LogP contribution is -2.36. The summed E-state index contributed by atoms with van der Waals surface area (Å²) in [5, 5.41) is 3.56. The molecule has 0 amide bonds. The van der Waals surface area contributed by atoms with Gasteiger partial charge < -0.3 is 5.32 Å². The summed E-state index contributed by atoms with van der Waals surface area (Å²) in [4.78, 5) is 4.40. The van der Waals surface area contributed by atoms with Gasteiger partial charge in [0.1, 0.15) is 5.82 Å². The molecule has 1 aromatic heterocycles. The van der Waals surface area contributed by atoms with Crippen LogP contribution in [0.4, 0.5) is 5.82 Å². The van der Waals surface area contributed by atoms with Gasteiger partial charge in [-0.3, -0.25) is 0 Å². The van der Waals surface area contributed by atoms with Crippen molar-refractivity contribution in [2.24, 2.45) is 0 Å². The van der Waals surface area contributed by atoms with Crippen molar-refractivity contribution < 1.29 is 0 Å². The molecule has 2 nitrogen and oxygen atoms in total. The second-order valence-electron chi connectivity index (χ2n) is 3.95. The van der Waals surface area contributed by atoms with Crippen molar-refractivity contribution in [3.63, 3.8) is 0 Å². The van der Waals surface area contributed by atoms with Crippen LogP contribution in [0, 0.1) is 0 Å². The average molecular weight is 350 g/mol. The molecule has 4 heteroatoms. The fourth-order valence-corrected chi connectivity index (χ4v) is 2.86. The van der Waals surface area contributed by atoms with Crippen LogP contribution in [0.1, 0.15) is 40.0 Å². The minimum Gasteiger partial charge on any atom is -0.364 e. The third kappa shape index (κ3) is 3.20. The van der Waals surface area contributed by atoms with Crippen LogP contribution in [0.5, 0.6) is 0 Å². The number of rotatable bonds is 5.